The fourth-order valence-corrected chi connectivity index (χ4v) is 2.81. The molecule has 2 aromatic rings. The van der Waals surface area contributed by atoms with E-state index in [-0.39, 0.29) is 5.91 Å². The van der Waals surface area contributed by atoms with Gasteiger partial charge in [0, 0.05) is 38.8 Å². The summed E-state index contributed by atoms with van der Waals surface area (Å²) >= 11 is 0. The minimum atomic E-state index is 0.105. The van der Waals surface area contributed by atoms with Gasteiger partial charge >= 0.3 is 0 Å². The smallest absolute Gasteiger partial charge is 0.246 e. The lowest BCUT2D eigenvalue weighted by Crippen LogP contribution is -2.47. The van der Waals surface area contributed by atoms with Crippen LogP contribution in [-0.4, -0.2) is 41.9 Å². The lowest BCUT2D eigenvalue weighted by atomic mass is 10.2. The Kier molecular flexibility index (Phi) is 5.22. The van der Waals surface area contributed by atoms with Gasteiger partial charge in [0.25, 0.3) is 0 Å². The normalized spacial score (nSPS) is 15.9. The average Bonchev–Trinajstić information content (AvgIpc) is 2.62. The van der Waals surface area contributed by atoms with Crippen LogP contribution in [0.3, 0.4) is 0 Å². The molecule has 3 heteroatoms. The number of nitrogens with zero attached hydrogens (tertiary/aromatic N) is 2. The summed E-state index contributed by atoms with van der Waals surface area (Å²) in [5.74, 6) is 0.105. The maximum atomic E-state index is 12.3. The van der Waals surface area contributed by atoms with Crippen molar-refractivity contribution in [3.63, 3.8) is 0 Å². The lowest BCUT2D eigenvalue weighted by Gasteiger charge is -2.34. The summed E-state index contributed by atoms with van der Waals surface area (Å²) in [6.07, 6.45) is 3.57. The summed E-state index contributed by atoms with van der Waals surface area (Å²) in [4.78, 5) is 16.6. The summed E-state index contributed by atoms with van der Waals surface area (Å²) in [7, 11) is 0. The second-order valence-corrected chi connectivity index (χ2v) is 5.83. The molecule has 2 aromatic carbocycles. The fraction of sp³-hybridized carbons (Fsp3) is 0.250. The third kappa shape index (κ3) is 4.54. The Labute approximate surface area is 137 Å². The molecule has 1 aliphatic rings. The van der Waals surface area contributed by atoms with Crippen LogP contribution < -0.4 is 0 Å². The number of carbonyl (C=O) groups is 1. The highest BCUT2D eigenvalue weighted by Crippen LogP contribution is 2.09. The number of piperazine rings is 1. The van der Waals surface area contributed by atoms with Crippen molar-refractivity contribution in [1.82, 2.24) is 9.80 Å². The quantitative estimate of drug-likeness (QED) is 0.811. The van der Waals surface area contributed by atoms with E-state index in [9.17, 15) is 4.79 Å². The van der Waals surface area contributed by atoms with Gasteiger partial charge in [-0.05, 0) is 17.2 Å². The topological polar surface area (TPSA) is 23.6 Å². The van der Waals surface area contributed by atoms with Crippen LogP contribution in [0.25, 0.3) is 6.08 Å². The van der Waals surface area contributed by atoms with Crippen molar-refractivity contribution in [3.05, 3.63) is 77.9 Å². The first-order valence-electron chi connectivity index (χ1n) is 8.09. The predicted molar refractivity (Wildman–Crippen MR) is 93.8 cm³/mol. The molecule has 1 fully saturated rings. The third-order valence-electron chi connectivity index (χ3n) is 4.15. The molecule has 1 aliphatic heterocycles. The van der Waals surface area contributed by atoms with E-state index in [0.717, 1.165) is 38.3 Å². The summed E-state index contributed by atoms with van der Waals surface area (Å²) < 4.78 is 0. The largest absolute Gasteiger partial charge is 0.337 e. The van der Waals surface area contributed by atoms with Crippen molar-refractivity contribution < 1.29 is 4.79 Å². The molecular formula is C20H22N2O. The highest BCUT2D eigenvalue weighted by Gasteiger charge is 2.19. The molecule has 0 bridgehead atoms. The minimum absolute atomic E-state index is 0.105. The Hall–Kier alpha value is -2.39. The minimum Gasteiger partial charge on any atom is -0.337 e. The van der Waals surface area contributed by atoms with Gasteiger partial charge in [-0.25, -0.2) is 0 Å². The second kappa shape index (κ2) is 7.75. The van der Waals surface area contributed by atoms with E-state index in [4.69, 9.17) is 0 Å². The molecule has 0 atom stereocenters. The molecule has 0 radical (unpaired) electrons. The first kappa shape index (κ1) is 15.5. The fourth-order valence-electron chi connectivity index (χ4n) is 2.81. The van der Waals surface area contributed by atoms with Crippen molar-refractivity contribution in [2.24, 2.45) is 0 Å². The predicted octanol–water partition coefficient (Wildman–Crippen LogP) is 3.04. The Balaban J connectivity index is 1.48. The maximum Gasteiger partial charge on any atom is 0.246 e. The van der Waals surface area contributed by atoms with Gasteiger partial charge in [0.2, 0.25) is 5.91 Å². The summed E-state index contributed by atoms with van der Waals surface area (Å²) in [5.41, 5.74) is 2.39. The Morgan fingerprint density at radius 2 is 1.48 bits per heavy atom. The monoisotopic (exact) mass is 306 g/mol. The molecule has 1 amide bonds. The van der Waals surface area contributed by atoms with E-state index >= 15 is 0 Å². The van der Waals surface area contributed by atoms with Crippen molar-refractivity contribution >= 4 is 12.0 Å². The Morgan fingerprint density at radius 3 is 2.13 bits per heavy atom. The van der Waals surface area contributed by atoms with Crippen LogP contribution in [0.1, 0.15) is 11.1 Å². The van der Waals surface area contributed by atoms with Crippen LogP contribution >= 0.6 is 0 Å². The highest BCUT2D eigenvalue weighted by molar-refractivity contribution is 5.91. The van der Waals surface area contributed by atoms with E-state index < -0.39 is 0 Å². The van der Waals surface area contributed by atoms with E-state index in [1.807, 2.05) is 47.4 Å². The van der Waals surface area contributed by atoms with Gasteiger partial charge < -0.3 is 4.90 Å². The van der Waals surface area contributed by atoms with Gasteiger partial charge in [0.15, 0.2) is 0 Å². The Bertz CT molecular complexity index is 644. The molecule has 0 aromatic heterocycles. The van der Waals surface area contributed by atoms with Gasteiger partial charge in [-0.15, -0.1) is 0 Å². The highest BCUT2D eigenvalue weighted by atomic mass is 16.2. The van der Waals surface area contributed by atoms with Crippen molar-refractivity contribution in [1.29, 1.82) is 0 Å². The zero-order valence-electron chi connectivity index (χ0n) is 13.3. The maximum absolute atomic E-state index is 12.3. The first-order valence-corrected chi connectivity index (χ1v) is 8.09. The van der Waals surface area contributed by atoms with Gasteiger partial charge in [0.1, 0.15) is 0 Å². The van der Waals surface area contributed by atoms with E-state index in [0.29, 0.717) is 0 Å². The number of rotatable bonds is 4. The SMILES string of the molecule is O=C(C=Cc1ccccc1)N1CCN(Cc2ccccc2)CC1. The summed E-state index contributed by atoms with van der Waals surface area (Å²) in [6, 6.07) is 20.4. The molecule has 0 aliphatic carbocycles. The van der Waals surface area contributed by atoms with Gasteiger partial charge in [-0.1, -0.05) is 60.7 Å². The molecule has 0 saturated carbocycles. The number of amides is 1. The van der Waals surface area contributed by atoms with Gasteiger partial charge in [-0.3, -0.25) is 9.69 Å². The van der Waals surface area contributed by atoms with E-state index in [2.05, 4.69) is 29.2 Å². The molecule has 0 N–H and O–H groups in total. The van der Waals surface area contributed by atoms with Gasteiger partial charge in [0.05, 0.1) is 0 Å². The summed E-state index contributed by atoms with van der Waals surface area (Å²) in [5, 5.41) is 0. The first-order chi connectivity index (χ1) is 11.3. The molecule has 3 rings (SSSR count). The number of hydrogen-bond acceptors (Lipinski definition) is 2. The van der Waals surface area contributed by atoms with E-state index in [1.165, 1.54) is 5.56 Å². The van der Waals surface area contributed by atoms with Crippen LogP contribution in [0.15, 0.2) is 66.7 Å². The van der Waals surface area contributed by atoms with Crippen LogP contribution in [0.2, 0.25) is 0 Å². The Morgan fingerprint density at radius 1 is 0.870 bits per heavy atom. The molecule has 3 nitrogen and oxygen atoms in total. The van der Waals surface area contributed by atoms with Gasteiger partial charge in [-0.2, -0.15) is 0 Å². The molecule has 1 heterocycles. The number of hydrogen-bond donors (Lipinski definition) is 0. The molecule has 0 unspecified atom stereocenters. The summed E-state index contributed by atoms with van der Waals surface area (Å²) in [6.45, 7) is 4.41. The third-order valence-corrected chi connectivity index (χ3v) is 4.15. The zero-order chi connectivity index (χ0) is 15.9. The zero-order valence-corrected chi connectivity index (χ0v) is 13.3. The molecular weight excluding hydrogens is 284 g/mol. The van der Waals surface area contributed by atoms with Crippen LogP contribution in [0, 0.1) is 0 Å². The van der Waals surface area contributed by atoms with Crippen molar-refractivity contribution in [3.8, 4) is 0 Å². The standard InChI is InChI=1S/C20H22N2O/c23-20(12-11-18-7-3-1-4-8-18)22-15-13-21(14-16-22)17-19-9-5-2-6-10-19/h1-12H,13-17H2. The van der Waals surface area contributed by atoms with E-state index in [1.54, 1.807) is 6.08 Å². The number of benzene rings is 2. The molecule has 23 heavy (non-hydrogen) atoms. The van der Waals surface area contributed by atoms with Crippen LogP contribution in [-0.2, 0) is 11.3 Å². The van der Waals surface area contributed by atoms with Crippen molar-refractivity contribution in [2.75, 3.05) is 26.2 Å². The lowest BCUT2D eigenvalue weighted by molar-refractivity contribution is -0.127. The number of carbonyl (C=O) groups excluding carboxylic acids is 1. The molecule has 118 valence electrons. The second-order valence-electron chi connectivity index (χ2n) is 5.83. The average molecular weight is 306 g/mol. The van der Waals surface area contributed by atoms with Crippen LogP contribution in [0.4, 0.5) is 0 Å². The molecule has 1 saturated heterocycles. The van der Waals surface area contributed by atoms with Crippen molar-refractivity contribution in [2.45, 2.75) is 6.54 Å². The van der Waals surface area contributed by atoms with Crippen LogP contribution in [0.5, 0.6) is 0 Å². The molecule has 0 spiro atoms.